The van der Waals surface area contributed by atoms with Crippen LogP contribution in [0.3, 0.4) is 0 Å². The summed E-state index contributed by atoms with van der Waals surface area (Å²) in [4.78, 5) is 1.03. The van der Waals surface area contributed by atoms with Crippen LogP contribution in [0.15, 0.2) is 29.6 Å². The van der Waals surface area contributed by atoms with Gasteiger partial charge < -0.3 is 5.32 Å². The summed E-state index contributed by atoms with van der Waals surface area (Å²) in [6, 6.07) is 5.84. The molecule has 0 aliphatic rings. The molecule has 1 atom stereocenters. The first-order valence-corrected chi connectivity index (χ1v) is 6.45. The van der Waals surface area contributed by atoms with Gasteiger partial charge in [0.05, 0.1) is 11.7 Å². The van der Waals surface area contributed by atoms with Gasteiger partial charge in [0, 0.05) is 4.88 Å². The predicted octanol–water partition coefficient (Wildman–Crippen LogP) is 4.73. The van der Waals surface area contributed by atoms with Gasteiger partial charge in [-0.2, -0.15) is 0 Å². The van der Waals surface area contributed by atoms with Crippen molar-refractivity contribution in [3.05, 3.63) is 52.0 Å². The molecule has 1 aromatic carbocycles. The van der Waals surface area contributed by atoms with E-state index in [4.69, 9.17) is 0 Å². The number of hydrogen-bond acceptors (Lipinski definition) is 2. The van der Waals surface area contributed by atoms with E-state index in [1.807, 2.05) is 24.4 Å². The third-order valence-electron chi connectivity index (χ3n) is 2.66. The van der Waals surface area contributed by atoms with Gasteiger partial charge in [-0.1, -0.05) is 13.0 Å². The molecular weight excluding hydrogens is 259 g/mol. The molecule has 18 heavy (non-hydrogen) atoms. The zero-order chi connectivity index (χ0) is 13.1. The number of halogens is 3. The zero-order valence-corrected chi connectivity index (χ0v) is 10.5. The Morgan fingerprint density at radius 2 is 1.94 bits per heavy atom. The summed E-state index contributed by atoms with van der Waals surface area (Å²) in [5.41, 5.74) is -0.0193. The summed E-state index contributed by atoms with van der Waals surface area (Å²) in [5.74, 6) is -3.80. The molecule has 1 N–H and O–H groups in total. The SMILES string of the molecule is CCC(Nc1ccc(F)c(F)c1F)c1cccs1. The van der Waals surface area contributed by atoms with Gasteiger partial charge in [-0.05, 0) is 30.0 Å². The molecule has 1 unspecified atom stereocenters. The number of thiophene rings is 1. The lowest BCUT2D eigenvalue weighted by molar-refractivity contribution is 0.448. The van der Waals surface area contributed by atoms with Gasteiger partial charge in [0.15, 0.2) is 17.5 Å². The molecule has 2 aromatic rings. The first-order valence-electron chi connectivity index (χ1n) is 5.57. The number of hydrogen-bond donors (Lipinski definition) is 1. The highest BCUT2D eigenvalue weighted by Gasteiger charge is 2.17. The monoisotopic (exact) mass is 271 g/mol. The number of nitrogens with one attached hydrogen (secondary N) is 1. The Balaban J connectivity index is 2.26. The topological polar surface area (TPSA) is 12.0 Å². The first kappa shape index (κ1) is 13.0. The van der Waals surface area contributed by atoms with Gasteiger partial charge in [0.25, 0.3) is 0 Å². The van der Waals surface area contributed by atoms with Crippen LogP contribution in [0.25, 0.3) is 0 Å². The van der Waals surface area contributed by atoms with Crippen molar-refractivity contribution in [2.24, 2.45) is 0 Å². The lowest BCUT2D eigenvalue weighted by Gasteiger charge is -2.17. The Morgan fingerprint density at radius 3 is 2.56 bits per heavy atom. The Hall–Kier alpha value is -1.49. The standard InChI is InChI=1S/C13H12F3NS/c1-2-9(11-4-3-7-18-11)17-10-6-5-8(14)12(15)13(10)16/h3-7,9,17H,2H2,1H3. The van der Waals surface area contributed by atoms with Gasteiger partial charge in [0.1, 0.15) is 0 Å². The van der Waals surface area contributed by atoms with Gasteiger partial charge in [-0.15, -0.1) is 11.3 Å². The highest BCUT2D eigenvalue weighted by atomic mass is 32.1. The van der Waals surface area contributed by atoms with E-state index >= 15 is 0 Å². The quantitative estimate of drug-likeness (QED) is 0.793. The molecule has 0 amide bonds. The molecule has 1 heterocycles. The zero-order valence-electron chi connectivity index (χ0n) is 9.71. The summed E-state index contributed by atoms with van der Waals surface area (Å²) >= 11 is 1.54. The summed E-state index contributed by atoms with van der Waals surface area (Å²) < 4.78 is 39.4. The van der Waals surface area contributed by atoms with Gasteiger partial charge in [-0.25, -0.2) is 13.2 Å². The van der Waals surface area contributed by atoms with Crippen molar-refractivity contribution >= 4 is 17.0 Å². The van der Waals surface area contributed by atoms with Crippen molar-refractivity contribution < 1.29 is 13.2 Å². The van der Waals surface area contributed by atoms with E-state index in [2.05, 4.69) is 5.32 Å². The molecule has 1 aromatic heterocycles. The van der Waals surface area contributed by atoms with Gasteiger partial charge in [-0.3, -0.25) is 0 Å². The van der Waals surface area contributed by atoms with Crippen LogP contribution in [0.5, 0.6) is 0 Å². The fourth-order valence-corrected chi connectivity index (χ4v) is 2.55. The van der Waals surface area contributed by atoms with E-state index in [0.29, 0.717) is 0 Å². The Morgan fingerprint density at radius 1 is 1.17 bits per heavy atom. The summed E-state index contributed by atoms with van der Waals surface area (Å²) in [6.45, 7) is 1.94. The summed E-state index contributed by atoms with van der Waals surface area (Å²) in [5, 5.41) is 4.81. The van der Waals surface area contributed by atoms with Crippen LogP contribution in [0.4, 0.5) is 18.9 Å². The van der Waals surface area contributed by atoms with Gasteiger partial charge >= 0.3 is 0 Å². The predicted molar refractivity (Wildman–Crippen MR) is 67.3 cm³/mol. The highest BCUT2D eigenvalue weighted by Crippen LogP contribution is 2.28. The molecule has 0 spiro atoms. The maximum atomic E-state index is 13.5. The minimum Gasteiger partial charge on any atom is -0.375 e. The Kier molecular flexibility index (Phi) is 3.91. The Bertz CT molecular complexity index is 525. The second-order valence-electron chi connectivity index (χ2n) is 3.84. The third-order valence-corrected chi connectivity index (χ3v) is 3.65. The molecule has 0 aliphatic carbocycles. The molecule has 5 heteroatoms. The fourth-order valence-electron chi connectivity index (χ4n) is 1.69. The van der Waals surface area contributed by atoms with Crippen LogP contribution in [-0.2, 0) is 0 Å². The van der Waals surface area contributed by atoms with Crippen LogP contribution in [0.2, 0.25) is 0 Å². The molecule has 0 saturated carbocycles. The van der Waals surface area contributed by atoms with Crippen molar-refractivity contribution in [1.29, 1.82) is 0 Å². The third kappa shape index (κ3) is 2.51. The smallest absolute Gasteiger partial charge is 0.196 e. The van der Waals surface area contributed by atoms with E-state index < -0.39 is 17.5 Å². The van der Waals surface area contributed by atoms with Crippen molar-refractivity contribution in [2.45, 2.75) is 19.4 Å². The minimum atomic E-state index is -1.44. The molecule has 0 radical (unpaired) electrons. The molecule has 2 rings (SSSR count). The largest absolute Gasteiger partial charge is 0.375 e. The Labute approximate surface area is 107 Å². The summed E-state index contributed by atoms with van der Waals surface area (Å²) in [6.07, 6.45) is 0.721. The van der Waals surface area contributed by atoms with E-state index in [1.165, 1.54) is 17.4 Å². The molecule has 0 bridgehead atoms. The maximum Gasteiger partial charge on any atom is 0.196 e. The van der Waals surface area contributed by atoms with Crippen LogP contribution in [0, 0.1) is 17.5 Å². The van der Waals surface area contributed by atoms with Crippen molar-refractivity contribution in [3.8, 4) is 0 Å². The average molecular weight is 271 g/mol. The van der Waals surface area contributed by atoms with E-state index in [1.54, 1.807) is 0 Å². The van der Waals surface area contributed by atoms with E-state index in [-0.39, 0.29) is 11.7 Å². The average Bonchev–Trinajstić information content (AvgIpc) is 2.89. The second kappa shape index (κ2) is 5.44. The second-order valence-corrected chi connectivity index (χ2v) is 4.82. The number of benzene rings is 1. The first-order chi connectivity index (χ1) is 8.63. The fraction of sp³-hybridized carbons (Fsp3) is 0.231. The van der Waals surface area contributed by atoms with Crippen molar-refractivity contribution in [1.82, 2.24) is 0 Å². The van der Waals surface area contributed by atoms with Gasteiger partial charge in [0.2, 0.25) is 0 Å². The van der Waals surface area contributed by atoms with Crippen LogP contribution >= 0.6 is 11.3 Å². The molecule has 1 nitrogen and oxygen atoms in total. The van der Waals surface area contributed by atoms with Crippen molar-refractivity contribution in [3.63, 3.8) is 0 Å². The molecule has 0 fully saturated rings. The maximum absolute atomic E-state index is 13.5. The van der Waals surface area contributed by atoms with Crippen LogP contribution < -0.4 is 5.32 Å². The molecular formula is C13H12F3NS. The molecule has 96 valence electrons. The van der Waals surface area contributed by atoms with Crippen molar-refractivity contribution in [2.75, 3.05) is 5.32 Å². The summed E-state index contributed by atoms with van der Waals surface area (Å²) in [7, 11) is 0. The van der Waals surface area contributed by atoms with E-state index in [9.17, 15) is 13.2 Å². The minimum absolute atomic E-state index is 0.0193. The lowest BCUT2D eigenvalue weighted by Crippen LogP contribution is -2.10. The lowest BCUT2D eigenvalue weighted by atomic mass is 10.1. The van der Waals surface area contributed by atoms with E-state index in [0.717, 1.165) is 17.4 Å². The molecule has 0 aliphatic heterocycles. The number of anilines is 1. The van der Waals surface area contributed by atoms with Crippen LogP contribution in [-0.4, -0.2) is 0 Å². The molecule has 0 saturated heterocycles. The normalized spacial score (nSPS) is 12.4. The highest BCUT2D eigenvalue weighted by molar-refractivity contribution is 7.10. The number of rotatable bonds is 4. The van der Waals surface area contributed by atoms with Crippen LogP contribution in [0.1, 0.15) is 24.3 Å².